The molecule has 0 spiro atoms. The smallest absolute Gasteiger partial charge is 0.310 e. The maximum absolute atomic E-state index is 11.0. The Morgan fingerprint density at radius 1 is 1.50 bits per heavy atom. The first-order valence-electron chi connectivity index (χ1n) is 4.68. The van der Waals surface area contributed by atoms with Gasteiger partial charge in [-0.3, -0.25) is 4.79 Å². The van der Waals surface area contributed by atoms with Gasteiger partial charge in [0, 0.05) is 17.3 Å². The summed E-state index contributed by atoms with van der Waals surface area (Å²) in [4.78, 5) is 14.2. The van der Waals surface area contributed by atoms with Gasteiger partial charge in [0.1, 0.15) is 0 Å². The van der Waals surface area contributed by atoms with E-state index in [-0.39, 0.29) is 11.4 Å². The van der Waals surface area contributed by atoms with E-state index in [1.54, 1.807) is 0 Å². The van der Waals surface area contributed by atoms with Crippen molar-refractivity contribution in [2.45, 2.75) is 32.6 Å². The van der Waals surface area contributed by atoms with Crippen LogP contribution in [0, 0.1) is 0 Å². The van der Waals surface area contributed by atoms with Gasteiger partial charge in [-0.15, -0.1) is 0 Å². The molecule has 0 atom stereocenters. The molecule has 0 aliphatic carbocycles. The average Bonchev–Trinajstić information content (AvgIpc) is 2.51. The second-order valence-corrected chi connectivity index (χ2v) is 4.42. The molecule has 0 aliphatic heterocycles. The van der Waals surface area contributed by atoms with Crippen molar-refractivity contribution < 1.29 is 9.53 Å². The predicted molar refractivity (Wildman–Crippen MR) is 55.2 cm³/mol. The normalized spacial score (nSPS) is 11.4. The monoisotopic (exact) mass is 195 g/mol. The first kappa shape index (κ1) is 10.8. The summed E-state index contributed by atoms with van der Waals surface area (Å²) in [6, 6.07) is 2.01. The number of nitrogens with one attached hydrogen (secondary N) is 1. The highest BCUT2D eigenvalue weighted by Crippen LogP contribution is 2.21. The van der Waals surface area contributed by atoms with Crippen LogP contribution >= 0.6 is 0 Å². The minimum Gasteiger partial charge on any atom is -0.469 e. The van der Waals surface area contributed by atoms with E-state index < -0.39 is 0 Å². The number of hydrogen-bond donors (Lipinski definition) is 1. The fourth-order valence-corrected chi connectivity index (χ4v) is 1.21. The Morgan fingerprint density at radius 2 is 2.14 bits per heavy atom. The quantitative estimate of drug-likeness (QED) is 0.734. The summed E-state index contributed by atoms with van der Waals surface area (Å²) in [5.74, 6) is -0.204. The predicted octanol–water partition coefficient (Wildman–Crippen LogP) is 2.03. The minimum atomic E-state index is -0.204. The molecular weight excluding hydrogens is 178 g/mol. The summed E-state index contributed by atoms with van der Waals surface area (Å²) in [6.45, 7) is 6.38. The number of H-pyrrole nitrogens is 1. The second kappa shape index (κ2) is 3.86. The zero-order chi connectivity index (χ0) is 10.8. The molecule has 0 saturated carbocycles. The summed E-state index contributed by atoms with van der Waals surface area (Å²) >= 11 is 0. The van der Waals surface area contributed by atoms with Gasteiger partial charge in [0.25, 0.3) is 0 Å². The molecule has 1 heterocycles. The number of carbonyl (C=O) groups excluding carboxylic acids is 1. The Hall–Kier alpha value is -1.25. The Balaban J connectivity index is 2.74. The van der Waals surface area contributed by atoms with E-state index in [4.69, 9.17) is 0 Å². The van der Waals surface area contributed by atoms with Gasteiger partial charge < -0.3 is 9.72 Å². The van der Waals surface area contributed by atoms with Crippen molar-refractivity contribution in [2.24, 2.45) is 0 Å². The lowest BCUT2D eigenvalue weighted by Crippen LogP contribution is -2.11. The lowest BCUT2D eigenvalue weighted by Gasteiger charge is -2.15. The van der Waals surface area contributed by atoms with Crippen LogP contribution in [0.1, 0.15) is 32.0 Å². The Bertz CT molecular complexity index is 320. The number of aromatic amines is 1. The molecule has 0 amide bonds. The second-order valence-electron chi connectivity index (χ2n) is 4.42. The van der Waals surface area contributed by atoms with Crippen molar-refractivity contribution in [1.29, 1.82) is 0 Å². The van der Waals surface area contributed by atoms with Gasteiger partial charge in [-0.2, -0.15) is 0 Å². The highest BCUT2D eigenvalue weighted by atomic mass is 16.5. The first-order chi connectivity index (χ1) is 6.43. The number of hydrogen-bond acceptors (Lipinski definition) is 2. The van der Waals surface area contributed by atoms with Crippen LogP contribution in [0.15, 0.2) is 12.3 Å². The number of methoxy groups -OCH3 is 1. The molecule has 1 aromatic rings. The zero-order valence-corrected chi connectivity index (χ0v) is 9.18. The van der Waals surface area contributed by atoms with Crippen molar-refractivity contribution in [3.63, 3.8) is 0 Å². The van der Waals surface area contributed by atoms with Crippen LogP contribution in [0.2, 0.25) is 0 Å². The molecule has 0 aromatic carbocycles. The van der Waals surface area contributed by atoms with Crippen LogP contribution in [0.3, 0.4) is 0 Å². The zero-order valence-electron chi connectivity index (χ0n) is 9.18. The molecule has 1 N–H and O–H groups in total. The summed E-state index contributed by atoms with van der Waals surface area (Å²) in [7, 11) is 1.40. The Kier molecular flexibility index (Phi) is 2.99. The van der Waals surface area contributed by atoms with E-state index in [9.17, 15) is 4.79 Å². The summed E-state index contributed by atoms with van der Waals surface area (Å²) in [5, 5.41) is 0. The topological polar surface area (TPSA) is 42.1 Å². The Labute approximate surface area is 84.5 Å². The number of carbonyl (C=O) groups is 1. The maximum Gasteiger partial charge on any atom is 0.310 e. The highest BCUT2D eigenvalue weighted by Gasteiger charge is 2.16. The molecule has 14 heavy (non-hydrogen) atoms. The molecule has 0 radical (unpaired) electrons. The van der Waals surface area contributed by atoms with Gasteiger partial charge in [0.15, 0.2) is 0 Å². The number of aromatic nitrogens is 1. The third-order valence-electron chi connectivity index (χ3n) is 2.13. The van der Waals surface area contributed by atoms with Gasteiger partial charge in [-0.05, 0) is 11.6 Å². The average molecular weight is 195 g/mol. The van der Waals surface area contributed by atoms with Gasteiger partial charge in [-0.1, -0.05) is 20.8 Å². The fourth-order valence-electron chi connectivity index (χ4n) is 1.21. The van der Waals surface area contributed by atoms with Crippen molar-refractivity contribution in [1.82, 2.24) is 4.98 Å². The van der Waals surface area contributed by atoms with Gasteiger partial charge >= 0.3 is 5.97 Å². The lowest BCUT2D eigenvalue weighted by molar-refractivity contribution is -0.139. The van der Waals surface area contributed by atoms with E-state index >= 15 is 0 Å². The van der Waals surface area contributed by atoms with Gasteiger partial charge in [0.05, 0.1) is 13.5 Å². The largest absolute Gasteiger partial charge is 0.469 e. The molecule has 0 bridgehead atoms. The van der Waals surface area contributed by atoms with E-state index in [2.05, 4.69) is 30.5 Å². The molecule has 78 valence electrons. The van der Waals surface area contributed by atoms with Crippen LogP contribution < -0.4 is 0 Å². The summed E-state index contributed by atoms with van der Waals surface area (Å²) < 4.78 is 4.60. The summed E-state index contributed by atoms with van der Waals surface area (Å²) in [5.41, 5.74) is 2.20. The van der Waals surface area contributed by atoms with E-state index in [1.807, 2.05) is 12.3 Å². The standard InChI is InChI=1S/C11H17NO2/c1-11(2,3)9-5-8(7-12-9)6-10(13)14-4/h5,7,12H,6H2,1-4H3. The van der Waals surface area contributed by atoms with Crippen LogP contribution in [-0.2, 0) is 21.4 Å². The van der Waals surface area contributed by atoms with E-state index in [0.29, 0.717) is 6.42 Å². The summed E-state index contributed by atoms with van der Waals surface area (Å²) in [6.07, 6.45) is 2.20. The lowest BCUT2D eigenvalue weighted by atomic mass is 9.92. The molecule has 0 fully saturated rings. The number of esters is 1. The molecule has 3 heteroatoms. The van der Waals surface area contributed by atoms with Gasteiger partial charge in [0.2, 0.25) is 0 Å². The molecule has 1 rings (SSSR count). The molecular formula is C11H17NO2. The minimum absolute atomic E-state index is 0.0916. The SMILES string of the molecule is COC(=O)Cc1c[nH]c(C(C)(C)C)c1. The van der Waals surface area contributed by atoms with Crippen LogP contribution in [0.5, 0.6) is 0 Å². The van der Waals surface area contributed by atoms with E-state index in [1.165, 1.54) is 7.11 Å². The van der Waals surface area contributed by atoms with E-state index in [0.717, 1.165) is 11.3 Å². The number of rotatable bonds is 2. The molecule has 0 unspecified atom stereocenters. The molecule has 1 aromatic heterocycles. The van der Waals surface area contributed by atoms with Crippen molar-refractivity contribution in [3.05, 3.63) is 23.5 Å². The first-order valence-corrected chi connectivity index (χ1v) is 4.68. The van der Waals surface area contributed by atoms with Crippen LogP contribution in [0.4, 0.5) is 0 Å². The molecule has 3 nitrogen and oxygen atoms in total. The third kappa shape index (κ3) is 2.62. The van der Waals surface area contributed by atoms with Crippen LogP contribution in [-0.4, -0.2) is 18.1 Å². The molecule has 0 aliphatic rings. The van der Waals surface area contributed by atoms with Crippen molar-refractivity contribution in [3.8, 4) is 0 Å². The highest BCUT2D eigenvalue weighted by molar-refractivity contribution is 5.72. The van der Waals surface area contributed by atoms with Crippen molar-refractivity contribution >= 4 is 5.97 Å². The maximum atomic E-state index is 11.0. The fraction of sp³-hybridized carbons (Fsp3) is 0.545. The van der Waals surface area contributed by atoms with Crippen LogP contribution in [0.25, 0.3) is 0 Å². The molecule has 0 saturated heterocycles. The van der Waals surface area contributed by atoms with Crippen molar-refractivity contribution in [2.75, 3.05) is 7.11 Å². The number of ether oxygens (including phenoxy) is 1. The third-order valence-corrected chi connectivity index (χ3v) is 2.13. The Morgan fingerprint density at radius 3 is 2.57 bits per heavy atom. The van der Waals surface area contributed by atoms with Gasteiger partial charge in [-0.25, -0.2) is 0 Å².